The Morgan fingerprint density at radius 1 is 1.12 bits per heavy atom. The number of ether oxygens (including phenoxy) is 1. The number of rotatable bonds is 1. The zero-order valence-electron chi connectivity index (χ0n) is 23.3. The first kappa shape index (κ1) is 28.1. The molecule has 0 saturated heterocycles. The molecule has 4 heterocycles. The summed E-state index contributed by atoms with van der Waals surface area (Å²) in [5.41, 5.74) is 0.347. The molecule has 0 radical (unpaired) electrons. The molecule has 2 atom stereocenters. The predicted octanol–water partition coefficient (Wildman–Crippen LogP) is 6.07. The number of nitriles is 1. The molecule has 1 fully saturated rings. The molecule has 1 N–H and O–H groups in total. The van der Waals surface area contributed by atoms with Crippen LogP contribution >= 0.6 is 0 Å². The van der Waals surface area contributed by atoms with Gasteiger partial charge in [-0.3, -0.25) is 14.3 Å². The van der Waals surface area contributed by atoms with Crippen molar-refractivity contribution in [2.45, 2.75) is 102 Å². The van der Waals surface area contributed by atoms with E-state index in [1.165, 1.54) is 18.3 Å². The van der Waals surface area contributed by atoms with Crippen molar-refractivity contribution in [1.82, 2.24) is 19.5 Å². The number of anilines is 1. The highest BCUT2D eigenvalue weighted by Crippen LogP contribution is 2.47. The lowest BCUT2D eigenvalue weighted by Crippen LogP contribution is -2.29. The first-order chi connectivity index (χ1) is 19.1. The first-order valence-corrected chi connectivity index (χ1v) is 14.2. The summed E-state index contributed by atoms with van der Waals surface area (Å²) in [5, 5.41) is 13.9. The second-order valence-electron chi connectivity index (χ2n) is 11.2. The molecule has 8 nitrogen and oxygen atoms in total. The monoisotopic (exact) mass is 550 g/mol. The Morgan fingerprint density at radius 2 is 1.90 bits per heavy atom. The highest BCUT2D eigenvalue weighted by atomic mass is 19.3. The van der Waals surface area contributed by atoms with E-state index < -0.39 is 23.8 Å². The van der Waals surface area contributed by atoms with E-state index in [1.54, 1.807) is 17.6 Å². The first-order valence-electron chi connectivity index (χ1n) is 14.2. The predicted molar refractivity (Wildman–Crippen MR) is 148 cm³/mol. The van der Waals surface area contributed by atoms with Gasteiger partial charge >= 0.3 is 0 Å². The number of nitrogens with one attached hydrogen (secondary N) is 1. The molecule has 10 heteroatoms. The fourth-order valence-electron chi connectivity index (χ4n) is 5.44. The summed E-state index contributed by atoms with van der Waals surface area (Å²) in [6.45, 7) is 5.97. The summed E-state index contributed by atoms with van der Waals surface area (Å²) in [6.07, 6.45) is 6.48. The molecular weight excluding hydrogens is 514 g/mol. The Kier molecular flexibility index (Phi) is 7.87. The number of hydrogen-bond donors (Lipinski definition) is 1. The summed E-state index contributed by atoms with van der Waals surface area (Å²) in [4.78, 5) is 27.4. The molecule has 3 aromatic heterocycles. The standard InChI is InChI=1S/C30H36F2N6O2/c1-19-8-6-4-5-7-14-38-27-23(17-24(28(38)39)29(18-33)10-11-29)26(36-21(3)37-27)35-20(2)25-16-22(9-13-34-25)30(31,32)12-15-40-19/h9,13,16-17,19-20H,4-8,10-12,14-15H2,1-3H3,(H,35,36,37)/t19?,20-/m1/s1. The largest absolute Gasteiger partial charge is 0.378 e. The molecule has 0 aromatic carbocycles. The van der Waals surface area contributed by atoms with Crippen LogP contribution in [0.2, 0.25) is 0 Å². The lowest BCUT2D eigenvalue weighted by atomic mass is 9.97. The van der Waals surface area contributed by atoms with Crippen LogP contribution in [0.4, 0.5) is 14.6 Å². The lowest BCUT2D eigenvalue weighted by Gasteiger charge is -2.22. The number of aryl methyl sites for hydroxylation is 2. The number of alkyl halides is 2. The van der Waals surface area contributed by atoms with E-state index in [0.717, 1.165) is 32.1 Å². The number of hydrogen-bond acceptors (Lipinski definition) is 7. The van der Waals surface area contributed by atoms with Gasteiger partial charge in [-0.05, 0) is 64.7 Å². The van der Waals surface area contributed by atoms with Crippen molar-refractivity contribution < 1.29 is 13.5 Å². The number of aromatic nitrogens is 4. The van der Waals surface area contributed by atoms with Crippen LogP contribution in [0.1, 0.15) is 93.9 Å². The smallest absolute Gasteiger partial charge is 0.275 e. The summed E-state index contributed by atoms with van der Waals surface area (Å²) < 4.78 is 37.6. The minimum absolute atomic E-state index is 0.0259. The maximum absolute atomic E-state index is 15.1. The molecule has 5 rings (SSSR count). The van der Waals surface area contributed by atoms with Crippen molar-refractivity contribution in [3.63, 3.8) is 0 Å². The second kappa shape index (κ2) is 11.2. The van der Waals surface area contributed by atoms with Gasteiger partial charge in [-0.1, -0.05) is 19.3 Å². The average Bonchev–Trinajstić information content (AvgIpc) is 3.72. The van der Waals surface area contributed by atoms with Crippen LogP contribution < -0.4 is 10.9 Å². The van der Waals surface area contributed by atoms with E-state index in [9.17, 15) is 10.1 Å². The second-order valence-corrected chi connectivity index (χ2v) is 11.2. The summed E-state index contributed by atoms with van der Waals surface area (Å²) in [5.74, 6) is -2.10. The van der Waals surface area contributed by atoms with Crippen LogP contribution in [-0.2, 0) is 22.6 Å². The average molecular weight is 551 g/mol. The zero-order valence-corrected chi connectivity index (χ0v) is 23.3. The molecular formula is C30H36F2N6O2. The molecule has 1 unspecified atom stereocenters. The number of halogens is 2. The quantitative estimate of drug-likeness (QED) is 0.392. The van der Waals surface area contributed by atoms with Crippen molar-refractivity contribution in [1.29, 1.82) is 5.26 Å². The fourth-order valence-corrected chi connectivity index (χ4v) is 5.44. The SMILES string of the molecule is Cc1nc2c3cc(C4(C#N)CC4)c(=O)n(c3n1)CCCCCCC(C)OCCC(F)(F)c1ccnc(c1)[C@@H](C)N2. The third-order valence-corrected chi connectivity index (χ3v) is 8.10. The molecule has 1 saturated carbocycles. The third-order valence-electron chi connectivity index (χ3n) is 8.10. The van der Waals surface area contributed by atoms with Crippen LogP contribution in [0.5, 0.6) is 0 Å². The van der Waals surface area contributed by atoms with Gasteiger partial charge in [0.2, 0.25) is 0 Å². The highest BCUT2D eigenvalue weighted by Gasteiger charge is 2.47. The number of nitrogens with zero attached hydrogens (tertiary/aromatic N) is 5. The Labute approximate surface area is 232 Å². The third kappa shape index (κ3) is 5.71. The number of fused-ring (bicyclic) bond motifs is 2. The fraction of sp³-hybridized carbons (Fsp3) is 0.567. The van der Waals surface area contributed by atoms with Gasteiger partial charge in [-0.2, -0.15) is 5.26 Å². The van der Waals surface area contributed by atoms with E-state index in [4.69, 9.17) is 4.74 Å². The van der Waals surface area contributed by atoms with Gasteiger partial charge in [-0.25, -0.2) is 18.7 Å². The Balaban J connectivity index is 1.60. The van der Waals surface area contributed by atoms with Gasteiger partial charge in [0.05, 0.1) is 41.3 Å². The summed E-state index contributed by atoms with van der Waals surface area (Å²) in [6, 6.07) is 6.41. The molecule has 0 spiro atoms. The van der Waals surface area contributed by atoms with E-state index in [1.807, 2.05) is 13.8 Å². The summed E-state index contributed by atoms with van der Waals surface area (Å²) in [7, 11) is 0. The van der Waals surface area contributed by atoms with Crippen LogP contribution in [0.3, 0.4) is 0 Å². The summed E-state index contributed by atoms with van der Waals surface area (Å²) >= 11 is 0. The van der Waals surface area contributed by atoms with E-state index >= 15 is 8.78 Å². The molecule has 212 valence electrons. The molecule has 1 aliphatic heterocycles. The Hall–Kier alpha value is -3.45. The molecule has 3 aromatic rings. The molecule has 2 aliphatic rings. The van der Waals surface area contributed by atoms with Crippen molar-refractivity contribution >= 4 is 16.9 Å². The van der Waals surface area contributed by atoms with Crippen LogP contribution in [0.15, 0.2) is 29.2 Å². The van der Waals surface area contributed by atoms with Gasteiger partial charge in [0.15, 0.2) is 0 Å². The lowest BCUT2D eigenvalue weighted by molar-refractivity contribution is -0.0509. The minimum Gasteiger partial charge on any atom is -0.378 e. The number of pyridine rings is 2. The van der Waals surface area contributed by atoms with Crippen molar-refractivity contribution in [3.05, 3.63) is 57.4 Å². The topological polar surface area (TPSA) is 106 Å². The van der Waals surface area contributed by atoms with Crippen molar-refractivity contribution in [3.8, 4) is 6.07 Å². The molecule has 40 heavy (non-hydrogen) atoms. The highest BCUT2D eigenvalue weighted by molar-refractivity contribution is 5.88. The molecule has 6 bridgehead atoms. The Morgan fingerprint density at radius 3 is 2.65 bits per heavy atom. The van der Waals surface area contributed by atoms with Gasteiger partial charge in [-0.15, -0.1) is 0 Å². The normalized spacial score (nSPS) is 23.2. The van der Waals surface area contributed by atoms with Gasteiger partial charge in [0.25, 0.3) is 11.5 Å². The maximum Gasteiger partial charge on any atom is 0.275 e. The Bertz CT molecular complexity index is 1490. The van der Waals surface area contributed by atoms with Crippen LogP contribution in [0.25, 0.3) is 11.0 Å². The van der Waals surface area contributed by atoms with E-state index in [0.29, 0.717) is 53.3 Å². The minimum atomic E-state index is -3.06. The zero-order chi connectivity index (χ0) is 28.5. The van der Waals surface area contributed by atoms with Crippen molar-refractivity contribution in [2.24, 2.45) is 0 Å². The van der Waals surface area contributed by atoms with Gasteiger partial charge < -0.3 is 10.1 Å². The van der Waals surface area contributed by atoms with E-state index in [2.05, 4.69) is 26.3 Å². The maximum atomic E-state index is 15.1. The van der Waals surface area contributed by atoms with Crippen LogP contribution in [0, 0.1) is 18.3 Å². The molecule has 0 amide bonds. The van der Waals surface area contributed by atoms with E-state index in [-0.39, 0.29) is 23.8 Å². The molecule has 1 aliphatic carbocycles. The van der Waals surface area contributed by atoms with Crippen LogP contribution in [-0.4, -0.2) is 32.2 Å². The van der Waals surface area contributed by atoms with Gasteiger partial charge in [0.1, 0.15) is 17.3 Å². The van der Waals surface area contributed by atoms with Gasteiger partial charge in [0, 0.05) is 30.3 Å². The van der Waals surface area contributed by atoms with Crippen molar-refractivity contribution in [2.75, 3.05) is 11.9 Å².